The number of tetrazole rings is 1. The maximum absolute atomic E-state index is 15.3. The van der Waals surface area contributed by atoms with Gasteiger partial charge in [-0.25, -0.2) is 9.18 Å². The van der Waals surface area contributed by atoms with E-state index < -0.39 is 17.8 Å². The van der Waals surface area contributed by atoms with Crippen molar-refractivity contribution in [2.24, 2.45) is 0 Å². The molecule has 1 aromatic carbocycles. The van der Waals surface area contributed by atoms with Crippen LogP contribution in [0.2, 0.25) is 5.02 Å². The maximum Gasteiger partial charge on any atom is 0.337 e. The third-order valence-corrected chi connectivity index (χ3v) is 6.85. The fraction of sp³-hybridized carbons (Fsp3) is 0.0741. The molecule has 14 heteroatoms. The molecule has 41 heavy (non-hydrogen) atoms. The number of aromatic nitrogens is 9. The van der Waals surface area contributed by atoms with Crippen LogP contribution in [-0.4, -0.2) is 50.6 Å². The Bertz CT molecular complexity index is 1860. The van der Waals surface area contributed by atoms with E-state index in [0.717, 1.165) is 11.1 Å². The molecule has 5 heterocycles. The lowest BCUT2D eigenvalue weighted by Gasteiger charge is -2.19. The molecule has 1 unspecified atom stereocenters. The standard InChI is InChI=1S/C27H19ClFN9O3/c28-21-2-4-23(37-16-31-33-34-37)25(26(21)29)18-1-3-22(38(41)14-18)24(15-35-10-7-19(12-35)27(39)40)36-13-20(11-32-36)17-5-8-30-9-6-17/h1-14,16,24H,15H2,(H,39,40). The van der Waals surface area contributed by atoms with Crippen LogP contribution in [0.5, 0.6) is 0 Å². The molecule has 1 atom stereocenters. The maximum atomic E-state index is 15.3. The smallest absolute Gasteiger partial charge is 0.337 e. The monoisotopic (exact) mass is 571 g/mol. The van der Waals surface area contributed by atoms with E-state index in [1.807, 2.05) is 12.1 Å². The number of aromatic carboxylic acids is 1. The molecular formula is C27H19ClFN9O3. The van der Waals surface area contributed by atoms with Crippen molar-refractivity contribution < 1.29 is 19.0 Å². The van der Waals surface area contributed by atoms with Crippen molar-refractivity contribution in [1.82, 2.24) is 39.5 Å². The van der Waals surface area contributed by atoms with Gasteiger partial charge in [-0.15, -0.1) is 5.10 Å². The van der Waals surface area contributed by atoms with Crippen LogP contribution < -0.4 is 4.73 Å². The van der Waals surface area contributed by atoms with E-state index in [4.69, 9.17) is 11.6 Å². The summed E-state index contributed by atoms with van der Waals surface area (Å²) in [7, 11) is 0. The summed E-state index contributed by atoms with van der Waals surface area (Å²) in [5, 5.41) is 38.4. The second kappa shape index (κ2) is 10.6. The van der Waals surface area contributed by atoms with Gasteiger partial charge in [0.2, 0.25) is 5.69 Å². The molecule has 0 spiro atoms. The number of benzene rings is 1. The van der Waals surface area contributed by atoms with Gasteiger partial charge in [0.1, 0.15) is 6.33 Å². The highest BCUT2D eigenvalue weighted by Crippen LogP contribution is 2.33. The Morgan fingerprint density at radius 3 is 2.61 bits per heavy atom. The minimum atomic E-state index is -1.07. The first-order chi connectivity index (χ1) is 19.9. The summed E-state index contributed by atoms with van der Waals surface area (Å²) in [5.74, 6) is -1.80. The summed E-state index contributed by atoms with van der Waals surface area (Å²) < 4.78 is 20.5. The number of nitrogens with zero attached hydrogens (tertiary/aromatic N) is 9. The summed E-state index contributed by atoms with van der Waals surface area (Å²) in [6.07, 6.45) is 12.4. The molecule has 5 aromatic heterocycles. The molecule has 0 amide bonds. The molecule has 0 aliphatic heterocycles. The van der Waals surface area contributed by atoms with Gasteiger partial charge in [0.05, 0.1) is 40.1 Å². The van der Waals surface area contributed by atoms with Gasteiger partial charge < -0.3 is 14.9 Å². The zero-order valence-electron chi connectivity index (χ0n) is 21.0. The molecule has 6 aromatic rings. The number of carbonyl (C=O) groups is 1. The first kappa shape index (κ1) is 25.8. The largest absolute Gasteiger partial charge is 0.618 e. The molecule has 0 aliphatic carbocycles. The Labute approximate surface area is 236 Å². The quantitative estimate of drug-likeness (QED) is 0.215. The predicted octanol–water partition coefficient (Wildman–Crippen LogP) is 3.80. The summed E-state index contributed by atoms with van der Waals surface area (Å²) in [5.41, 5.74) is 2.68. The zero-order chi connectivity index (χ0) is 28.5. The third-order valence-electron chi connectivity index (χ3n) is 6.56. The highest BCUT2D eigenvalue weighted by atomic mass is 35.5. The number of carboxylic acids is 1. The number of rotatable bonds is 8. The SMILES string of the molecule is O=C(O)c1ccn(CC(c2ccc(-c3c(-n4cnnn4)ccc(Cl)c3F)c[n+]2[O-])n2cc(-c3ccncc3)cn2)c1. The molecular weight excluding hydrogens is 553 g/mol. The Hall–Kier alpha value is -5.43. The van der Waals surface area contributed by atoms with E-state index in [1.54, 1.807) is 58.4 Å². The number of pyridine rings is 2. The van der Waals surface area contributed by atoms with E-state index in [-0.39, 0.29) is 34.0 Å². The third kappa shape index (κ3) is 5.01. The van der Waals surface area contributed by atoms with Crippen LogP contribution in [0, 0.1) is 11.0 Å². The van der Waals surface area contributed by atoms with Gasteiger partial charge in [0, 0.05) is 42.6 Å². The molecule has 6 rings (SSSR count). The van der Waals surface area contributed by atoms with Crippen LogP contribution in [0.3, 0.4) is 0 Å². The van der Waals surface area contributed by atoms with Crippen LogP contribution in [0.1, 0.15) is 22.1 Å². The van der Waals surface area contributed by atoms with E-state index in [0.29, 0.717) is 10.4 Å². The molecule has 0 saturated heterocycles. The lowest BCUT2D eigenvalue weighted by atomic mass is 10.0. The summed E-state index contributed by atoms with van der Waals surface area (Å²) in [6, 6.07) is 10.6. The van der Waals surface area contributed by atoms with Crippen molar-refractivity contribution in [2.75, 3.05) is 0 Å². The second-order valence-electron chi connectivity index (χ2n) is 9.04. The van der Waals surface area contributed by atoms with Gasteiger partial charge in [0.25, 0.3) is 0 Å². The average molecular weight is 572 g/mol. The van der Waals surface area contributed by atoms with Gasteiger partial charge in [-0.1, -0.05) is 11.6 Å². The van der Waals surface area contributed by atoms with Crippen molar-refractivity contribution in [3.05, 3.63) is 119 Å². The number of carboxylic acid groups (broad SMARTS) is 1. The highest BCUT2D eigenvalue weighted by Gasteiger charge is 2.26. The fourth-order valence-electron chi connectivity index (χ4n) is 4.57. The molecule has 1 N–H and O–H groups in total. The van der Waals surface area contributed by atoms with Crippen LogP contribution >= 0.6 is 11.6 Å². The Morgan fingerprint density at radius 2 is 1.90 bits per heavy atom. The molecule has 0 bridgehead atoms. The molecule has 0 radical (unpaired) electrons. The zero-order valence-corrected chi connectivity index (χ0v) is 21.7. The lowest BCUT2D eigenvalue weighted by molar-refractivity contribution is -0.615. The highest BCUT2D eigenvalue weighted by molar-refractivity contribution is 6.31. The van der Waals surface area contributed by atoms with Crippen molar-refractivity contribution in [1.29, 1.82) is 0 Å². The van der Waals surface area contributed by atoms with Gasteiger partial charge in [-0.2, -0.15) is 14.5 Å². The van der Waals surface area contributed by atoms with E-state index in [1.165, 1.54) is 35.5 Å². The minimum absolute atomic E-state index is 0.0491. The summed E-state index contributed by atoms with van der Waals surface area (Å²) in [6.45, 7) is 0.188. The van der Waals surface area contributed by atoms with E-state index in [9.17, 15) is 15.1 Å². The van der Waals surface area contributed by atoms with Crippen molar-refractivity contribution in [2.45, 2.75) is 12.6 Å². The topological polar surface area (TPSA) is 143 Å². The first-order valence-electron chi connectivity index (χ1n) is 12.2. The number of hydrogen-bond donors (Lipinski definition) is 1. The first-order valence-corrected chi connectivity index (χ1v) is 12.6. The fourth-order valence-corrected chi connectivity index (χ4v) is 4.73. The minimum Gasteiger partial charge on any atom is -0.618 e. The number of halogens is 2. The van der Waals surface area contributed by atoms with Gasteiger partial charge in [-0.3, -0.25) is 9.67 Å². The molecule has 0 fully saturated rings. The van der Waals surface area contributed by atoms with Gasteiger partial charge in [0.15, 0.2) is 18.1 Å². The van der Waals surface area contributed by atoms with E-state index in [2.05, 4.69) is 25.6 Å². The molecule has 12 nitrogen and oxygen atoms in total. The van der Waals surface area contributed by atoms with Crippen molar-refractivity contribution in [3.63, 3.8) is 0 Å². The number of hydrogen-bond acceptors (Lipinski definition) is 7. The summed E-state index contributed by atoms with van der Waals surface area (Å²) in [4.78, 5) is 15.5. The van der Waals surface area contributed by atoms with Crippen LogP contribution in [-0.2, 0) is 6.54 Å². The second-order valence-corrected chi connectivity index (χ2v) is 9.45. The Balaban J connectivity index is 1.43. The van der Waals surface area contributed by atoms with Crippen LogP contribution in [0.25, 0.3) is 27.9 Å². The predicted molar refractivity (Wildman–Crippen MR) is 144 cm³/mol. The van der Waals surface area contributed by atoms with Gasteiger partial charge >= 0.3 is 5.97 Å². The molecule has 0 saturated carbocycles. The lowest BCUT2D eigenvalue weighted by Crippen LogP contribution is -2.36. The van der Waals surface area contributed by atoms with Crippen molar-refractivity contribution in [3.8, 4) is 27.9 Å². The van der Waals surface area contributed by atoms with E-state index >= 15 is 4.39 Å². The Kier molecular flexibility index (Phi) is 6.69. The normalized spacial score (nSPS) is 12.0. The Morgan fingerprint density at radius 1 is 1.07 bits per heavy atom. The molecule has 204 valence electrons. The van der Waals surface area contributed by atoms with Crippen molar-refractivity contribution >= 4 is 17.6 Å². The summed E-state index contributed by atoms with van der Waals surface area (Å²) >= 11 is 6.09. The molecule has 0 aliphatic rings. The van der Waals surface area contributed by atoms with Crippen LogP contribution in [0.15, 0.2) is 92.2 Å². The average Bonchev–Trinajstić information content (AvgIpc) is 3.76. The van der Waals surface area contributed by atoms with Crippen LogP contribution in [0.4, 0.5) is 4.39 Å². The van der Waals surface area contributed by atoms with Gasteiger partial charge in [-0.05, 0) is 52.4 Å².